The van der Waals surface area contributed by atoms with E-state index >= 15 is 0 Å². The fraction of sp³-hybridized carbons (Fsp3) is 0.600. The lowest BCUT2D eigenvalue weighted by molar-refractivity contribution is 0.199. The SMILES string of the molecule is COCCNCc1cccn1Cc1nnc2n1CCCC2. The van der Waals surface area contributed by atoms with Crippen molar-refractivity contribution in [2.24, 2.45) is 0 Å². The van der Waals surface area contributed by atoms with E-state index in [-0.39, 0.29) is 0 Å². The first-order valence-corrected chi connectivity index (χ1v) is 7.63. The molecule has 0 saturated heterocycles. The van der Waals surface area contributed by atoms with Gasteiger partial charge < -0.3 is 19.2 Å². The molecular formula is C15H23N5O. The van der Waals surface area contributed by atoms with Crippen LogP contribution < -0.4 is 5.32 Å². The number of aryl methyl sites for hydroxylation is 1. The lowest BCUT2D eigenvalue weighted by Crippen LogP contribution is -2.21. The van der Waals surface area contributed by atoms with Crippen LogP contribution >= 0.6 is 0 Å². The molecule has 0 atom stereocenters. The molecule has 114 valence electrons. The first-order valence-electron chi connectivity index (χ1n) is 7.63. The van der Waals surface area contributed by atoms with Crippen LogP contribution in [0.25, 0.3) is 0 Å². The minimum Gasteiger partial charge on any atom is -0.383 e. The molecular weight excluding hydrogens is 266 g/mol. The maximum atomic E-state index is 5.05. The Labute approximate surface area is 125 Å². The summed E-state index contributed by atoms with van der Waals surface area (Å²) >= 11 is 0. The van der Waals surface area contributed by atoms with E-state index in [1.165, 1.54) is 18.5 Å². The molecule has 0 amide bonds. The highest BCUT2D eigenvalue weighted by molar-refractivity contribution is 5.10. The summed E-state index contributed by atoms with van der Waals surface area (Å²) in [7, 11) is 1.72. The Hall–Kier alpha value is -1.66. The van der Waals surface area contributed by atoms with Gasteiger partial charge in [-0.25, -0.2) is 0 Å². The van der Waals surface area contributed by atoms with Crippen molar-refractivity contribution in [2.75, 3.05) is 20.3 Å². The summed E-state index contributed by atoms with van der Waals surface area (Å²) in [5.74, 6) is 2.21. The number of hydrogen-bond acceptors (Lipinski definition) is 4. The van der Waals surface area contributed by atoms with Gasteiger partial charge in [-0.2, -0.15) is 0 Å². The van der Waals surface area contributed by atoms with Gasteiger partial charge >= 0.3 is 0 Å². The first-order chi connectivity index (χ1) is 10.4. The number of rotatable bonds is 7. The normalized spacial score (nSPS) is 14.3. The van der Waals surface area contributed by atoms with Crippen LogP contribution in [-0.4, -0.2) is 39.6 Å². The van der Waals surface area contributed by atoms with Gasteiger partial charge in [-0.05, 0) is 25.0 Å². The Bertz CT molecular complexity index is 574. The van der Waals surface area contributed by atoms with E-state index in [0.717, 1.165) is 50.9 Å². The van der Waals surface area contributed by atoms with Crippen LogP contribution in [0.1, 0.15) is 30.2 Å². The van der Waals surface area contributed by atoms with Crippen molar-refractivity contribution >= 4 is 0 Å². The fourth-order valence-electron chi connectivity index (χ4n) is 2.79. The Morgan fingerprint density at radius 2 is 2.29 bits per heavy atom. The van der Waals surface area contributed by atoms with Crippen molar-refractivity contribution in [1.82, 2.24) is 24.6 Å². The number of nitrogens with one attached hydrogen (secondary N) is 1. The van der Waals surface area contributed by atoms with Gasteiger partial charge in [0, 0.05) is 45.1 Å². The smallest absolute Gasteiger partial charge is 0.153 e. The number of aromatic nitrogens is 4. The average molecular weight is 289 g/mol. The summed E-state index contributed by atoms with van der Waals surface area (Å²) in [4.78, 5) is 0. The first kappa shape index (κ1) is 14.3. The molecule has 3 heterocycles. The van der Waals surface area contributed by atoms with E-state index in [1.54, 1.807) is 7.11 Å². The quantitative estimate of drug-likeness (QED) is 0.778. The number of fused-ring (bicyclic) bond motifs is 1. The second-order valence-electron chi connectivity index (χ2n) is 5.44. The third kappa shape index (κ3) is 3.33. The molecule has 2 aromatic heterocycles. The van der Waals surface area contributed by atoms with Gasteiger partial charge in [-0.1, -0.05) is 0 Å². The molecule has 1 aliphatic rings. The Morgan fingerprint density at radius 1 is 1.33 bits per heavy atom. The van der Waals surface area contributed by atoms with Crippen LogP contribution in [0, 0.1) is 0 Å². The predicted octanol–water partition coefficient (Wildman–Crippen LogP) is 1.20. The van der Waals surface area contributed by atoms with Gasteiger partial charge in [-0.3, -0.25) is 0 Å². The summed E-state index contributed by atoms with van der Waals surface area (Å²) in [6.45, 7) is 4.29. The maximum Gasteiger partial charge on any atom is 0.153 e. The van der Waals surface area contributed by atoms with Crippen molar-refractivity contribution in [1.29, 1.82) is 0 Å². The zero-order chi connectivity index (χ0) is 14.5. The topological polar surface area (TPSA) is 56.9 Å². The van der Waals surface area contributed by atoms with Crippen molar-refractivity contribution in [3.05, 3.63) is 35.7 Å². The van der Waals surface area contributed by atoms with Crippen LogP contribution in [0.3, 0.4) is 0 Å². The number of methoxy groups -OCH3 is 1. The van der Waals surface area contributed by atoms with Crippen LogP contribution in [-0.2, 0) is 30.8 Å². The van der Waals surface area contributed by atoms with Crippen molar-refractivity contribution in [2.45, 2.75) is 38.9 Å². The van der Waals surface area contributed by atoms with Crippen molar-refractivity contribution < 1.29 is 4.74 Å². The second kappa shape index (κ2) is 6.87. The second-order valence-corrected chi connectivity index (χ2v) is 5.44. The maximum absolute atomic E-state index is 5.05. The van der Waals surface area contributed by atoms with E-state index in [0.29, 0.717) is 0 Å². The minimum absolute atomic E-state index is 0.735. The lowest BCUT2D eigenvalue weighted by Gasteiger charge is -2.16. The highest BCUT2D eigenvalue weighted by Gasteiger charge is 2.16. The van der Waals surface area contributed by atoms with E-state index < -0.39 is 0 Å². The van der Waals surface area contributed by atoms with E-state index in [1.807, 2.05) is 0 Å². The zero-order valence-corrected chi connectivity index (χ0v) is 12.6. The van der Waals surface area contributed by atoms with Crippen molar-refractivity contribution in [3.63, 3.8) is 0 Å². The molecule has 1 N–H and O–H groups in total. The molecule has 6 nitrogen and oxygen atoms in total. The standard InChI is InChI=1S/C15H23N5O/c1-21-10-7-16-11-13-5-4-8-19(13)12-15-18-17-14-6-2-3-9-20(14)15/h4-5,8,16H,2-3,6-7,9-12H2,1H3. The summed E-state index contributed by atoms with van der Waals surface area (Å²) < 4.78 is 9.57. The number of nitrogens with zero attached hydrogens (tertiary/aromatic N) is 4. The lowest BCUT2D eigenvalue weighted by atomic mass is 10.2. The molecule has 0 aliphatic carbocycles. The molecule has 0 spiro atoms. The third-order valence-electron chi connectivity index (χ3n) is 3.96. The van der Waals surface area contributed by atoms with E-state index in [4.69, 9.17) is 4.74 Å². The summed E-state index contributed by atoms with van der Waals surface area (Å²) in [5.41, 5.74) is 1.26. The largest absolute Gasteiger partial charge is 0.383 e. The molecule has 0 bridgehead atoms. The van der Waals surface area contributed by atoms with Gasteiger partial charge in [0.05, 0.1) is 13.2 Å². The highest BCUT2D eigenvalue weighted by atomic mass is 16.5. The van der Waals surface area contributed by atoms with Crippen molar-refractivity contribution in [3.8, 4) is 0 Å². The highest BCUT2D eigenvalue weighted by Crippen LogP contribution is 2.15. The van der Waals surface area contributed by atoms with Gasteiger partial charge in [-0.15, -0.1) is 10.2 Å². The molecule has 0 aromatic carbocycles. The summed E-state index contributed by atoms with van der Waals surface area (Å²) in [6, 6.07) is 4.23. The van der Waals surface area contributed by atoms with Crippen LogP contribution in [0.5, 0.6) is 0 Å². The molecule has 21 heavy (non-hydrogen) atoms. The summed E-state index contributed by atoms with van der Waals surface area (Å²) in [6.07, 6.45) is 5.63. The number of ether oxygens (including phenoxy) is 1. The predicted molar refractivity (Wildman–Crippen MR) is 80.1 cm³/mol. The molecule has 0 saturated carbocycles. The Morgan fingerprint density at radius 3 is 3.19 bits per heavy atom. The average Bonchev–Trinajstić information content (AvgIpc) is 3.12. The van der Waals surface area contributed by atoms with Crippen LogP contribution in [0.4, 0.5) is 0 Å². The molecule has 0 fully saturated rings. The molecule has 3 rings (SSSR count). The molecule has 6 heteroatoms. The molecule has 0 radical (unpaired) electrons. The minimum atomic E-state index is 0.735. The fourth-order valence-corrected chi connectivity index (χ4v) is 2.79. The molecule has 0 unspecified atom stereocenters. The van der Waals surface area contributed by atoms with Gasteiger partial charge in [0.15, 0.2) is 5.82 Å². The summed E-state index contributed by atoms with van der Waals surface area (Å²) in [5, 5.41) is 12.1. The van der Waals surface area contributed by atoms with Crippen LogP contribution in [0.2, 0.25) is 0 Å². The third-order valence-corrected chi connectivity index (χ3v) is 3.96. The van der Waals surface area contributed by atoms with Crippen LogP contribution in [0.15, 0.2) is 18.3 Å². The van der Waals surface area contributed by atoms with Gasteiger partial charge in [0.1, 0.15) is 5.82 Å². The van der Waals surface area contributed by atoms with Gasteiger partial charge in [0.25, 0.3) is 0 Å². The molecule has 1 aliphatic heterocycles. The zero-order valence-electron chi connectivity index (χ0n) is 12.6. The van der Waals surface area contributed by atoms with Gasteiger partial charge in [0.2, 0.25) is 0 Å². The Kier molecular flexibility index (Phi) is 4.67. The van der Waals surface area contributed by atoms with E-state index in [2.05, 4.69) is 43.0 Å². The van der Waals surface area contributed by atoms with E-state index in [9.17, 15) is 0 Å². The number of hydrogen-bond donors (Lipinski definition) is 1. The Balaban J connectivity index is 1.65. The molecule has 2 aromatic rings. The monoisotopic (exact) mass is 289 g/mol.